The van der Waals surface area contributed by atoms with Gasteiger partial charge in [0, 0.05) is 6.42 Å². The molecule has 2 rings (SSSR count). The van der Waals surface area contributed by atoms with Crippen LogP contribution in [0.1, 0.15) is 29.5 Å². The summed E-state index contributed by atoms with van der Waals surface area (Å²) in [6, 6.07) is 6.54. The highest BCUT2D eigenvalue weighted by Crippen LogP contribution is 2.23. The van der Waals surface area contributed by atoms with Crippen LogP contribution in [-0.2, 0) is 24.1 Å². The first kappa shape index (κ1) is 10.2. The van der Waals surface area contributed by atoms with Gasteiger partial charge in [-0.1, -0.05) is 18.2 Å². The molecule has 3 nitrogen and oxygen atoms in total. The SMILES string of the molecule is NNC(=O)CCc1ccc2c(c1)CCC2. The molecule has 0 aromatic heterocycles. The monoisotopic (exact) mass is 204 g/mol. The fourth-order valence-electron chi connectivity index (χ4n) is 2.11. The molecule has 0 saturated carbocycles. The second-order valence-electron chi connectivity index (χ2n) is 4.02. The maximum absolute atomic E-state index is 11.0. The Morgan fingerprint density at radius 3 is 2.93 bits per heavy atom. The normalized spacial score (nSPS) is 13.7. The molecule has 3 N–H and O–H groups in total. The smallest absolute Gasteiger partial charge is 0.234 e. The molecule has 0 atom stereocenters. The largest absolute Gasteiger partial charge is 0.294 e. The molecule has 1 aromatic carbocycles. The lowest BCUT2D eigenvalue weighted by atomic mass is 10.0. The van der Waals surface area contributed by atoms with E-state index in [2.05, 4.69) is 23.6 Å². The van der Waals surface area contributed by atoms with E-state index in [4.69, 9.17) is 5.84 Å². The first-order valence-corrected chi connectivity index (χ1v) is 5.40. The van der Waals surface area contributed by atoms with Gasteiger partial charge in [-0.15, -0.1) is 0 Å². The van der Waals surface area contributed by atoms with Gasteiger partial charge >= 0.3 is 0 Å². The fourth-order valence-corrected chi connectivity index (χ4v) is 2.11. The number of hydrazine groups is 1. The number of benzene rings is 1. The first-order chi connectivity index (χ1) is 7.29. The van der Waals surface area contributed by atoms with Crippen molar-refractivity contribution in [3.05, 3.63) is 34.9 Å². The molecule has 0 heterocycles. The summed E-state index contributed by atoms with van der Waals surface area (Å²) in [6.07, 6.45) is 4.90. The molecule has 1 aliphatic rings. The Morgan fingerprint density at radius 2 is 2.13 bits per heavy atom. The summed E-state index contributed by atoms with van der Waals surface area (Å²) < 4.78 is 0. The summed E-state index contributed by atoms with van der Waals surface area (Å²) in [5.41, 5.74) is 6.32. The lowest BCUT2D eigenvalue weighted by Crippen LogP contribution is -2.30. The minimum atomic E-state index is -0.101. The minimum absolute atomic E-state index is 0.101. The van der Waals surface area contributed by atoms with Crippen molar-refractivity contribution in [2.24, 2.45) is 5.84 Å². The molecular weight excluding hydrogens is 188 g/mol. The van der Waals surface area contributed by atoms with Crippen LogP contribution in [0.5, 0.6) is 0 Å². The van der Waals surface area contributed by atoms with Crippen LogP contribution in [0, 0.1) is 0 Å². The van der Waals surface area contributed by atoms with E-state index in [0.29, 0.717) is 6.42 Å². The summed E-state index contributed by atoms with van der Waals surface area (Å²) in [7, 11) is 0. The maximum Gasteiger partial charge on any atom is 0.234 e. The van der Waals surface area contributed by atoms with Crippen LogP contribution in [0.2, 0.25) is 0 Å². The number of nitrogens with two attached hydrogens (primary N) is 1. The summed E-state index contributed by atoms with van der Waals surface area (Å²) >= 11 is 0. The number of rotatable bonds is 3. The van der Waals surface area contributed by atoms with Crippen molar-refractivity contribution < 1.29 is 4.79 Å². The van der Waals surface area contributed by atoms with Crippen molar-refractivity contribution in [3.63, 3.8) is 0 Å². The van der Waals surface area contributed by atoms with Gasteiger partial charge < -0.3 is 0 Å². The minimum Gasteiger partial charge on any atom is -0.294 e. The summed E-state index contributed by atoms with van der Waals surface area (Å²) in [5, 5.41) is 0. The second-order valence-corrected chi connectivity index (χ2v) is 4.02. The highest BCUT2D eigenvalue weighted by molar-refractivity contribution is 5.75. The summed E-state index contributed by atoms with van der Waals surface area (Å²) in [6.45, 7) is 0. The quantitative estimate of drug-likeness (QED) is 0.440. The van der Waals surface area contributed by atoms with Crippen LogP contribution in [0.15, 0.2) is 18.2 Å². The Hall–Kier alpha value is -1.35. The van der Waals surface area contributed by atoms with Crippen molar-refractivity contribution in [1.29, 1.82) is 0 Å². The predicted octanol–water partition coefficient (Wildman–Crippen LogP) is 1.10. The van der Waals surface area contributed by atoms with Gasteiger partial charge in [0.25, 0.3) is 0 Å². The molecule has 1 aromatic rings. The van der Waals surface area contributed by atoms with Gasteiger partial charge in [0.05, 0.1) is 0 Å². The molecule has 0 unspecified atom stereocenters. The van der Waals surface area contributed by atoms with E-state index in [0.717, 1.165) is 6.42 Å². The fraction of sp³-hybridized carbons (Fsp3) is 0.417. The van der Waals surface area contributed by atoms with Crippen molar-refractivity contribution in [1.82, 2.24) is 5.43 Å². The third-order valence-electron chi connectivity index (χ3n) is 2.96. The molecular formula is C12H16N2O. The first-order valence-electron chi connectivity index (χ1n) is 5.40. The molecule has 0 spiro atoms. The van der Waals surface area contributed by atoms with Crippen LogP contribution in [-0.4, -0.2) is 5.91 Å². The van der Waals surface area contributed by atoms with Crippen molar-refractivity contribution >= 4 is 5.91 Å². The predicted molar refractivity (Wildman–Crippen MR) is 59.1 cm³/mol. The van der Waals surface area contributed by atoms with Crippen LogP contribution in [0.4, 0.5) is 0 Å². The Balaban J connectivity index is 2.01. The van der Waals surface area contributed by atoms with Crippen molar-refractivity contribution in [2.45, 2.75) is 32.1 Å². The van der Waals surface area contributed by atoms with E-state index in [9.17, 15) is 4.79 Å². The van der Waals surface area contributed by atoms with E-state index in [1.54, 1.807) is 0 Å². The van der Waals surface area contributed by atoms with Gasteiger partial charge in [0.15, 0.2) is 0 Å². The number of aryl methyl sites for hydroxylation is 3. The van der Waals surface area contributed by atoms with Gasteiger partial charge in [-0.05, 0) is 42.4 Å². The molecule has 0 aliphatic heterocycles. The lowest BCUT2D eigenvalue weighted by Gasteiger charge is -2.04. The molecule has 1 amide bonds. The van der Waals surface area contributed by atoms with E-state index in [1.165, 1.54) is 36.0 Å². The van der Waals surface area contributed by atoms with E-state index >= 15 is 0 Å². The lowest BCUT2D eigenvalue weighted by molar-refractivity contribution is -0.121. The Labute approximate surface area is 89.6 Å². The average Bonchev–Trinajstić information content (AvgIpc) is 2.72. The standard InChI is InChI=1S/C12H16N2O/c13-14-12(15)7-5-9-4-6-10-2-1-3-11(10)8-9/h4,6,8H,1-3,5,7,13H2,(H,14,15). The third-order valence-corrected chi connectivity index (χ3v) is 2.96. The van der Waals surface area contributed by atoms with E-state index in [1.807, 2.05) is 0 Å². The Kier molecular flexibility index (Phi) is 3.02. The second kappa shape index (κ2) is 4.45. The number of amides is 1. The average molecular weight is 204 g/mol. The molecule has 80 valence electrons. The molecule has 0 bridgehead atoms. The van der Waals surface area contributed by atoms with Gasteiger partial charge in [0.1, 0.15) is 0 Å². The molecule has 1 aliphatic carbocycles. The molecule has 0 saturated heterocycles. The number of fused-ring (bicyclic) bond motifs is 1. The van der Waals surface area contributed by atoms with Crippen LogP contribution < -0.4 is 11.3 Å². The van der Waals surface area contributed by atoms with Crippen molar-refractivity contribution in [3.8, 4) is 0 Å². The van der Waals surface area contributed by atoms with E-state index in [-0.39, 0.29) is 5.91 Å². The zero-order chi connectivity index (χ0) is 10.7. The van der Waals surface area contributed by atoms with Gasteiger partial charge in [-0.2, -0.15) is 0 Å². The molecule has 0 fully saturated rings. The number of hydrogen-bond donors (Lipinski definition) is 2. The summed E-state index contributed by atoms with van der Waals surface area (Å²) in [5.74, 6) is 4.93. The van der Waals surface area contributed by atoms with Crippen molar-refractivity contribution in [2.75, 3.05) is 0 Å². The zero-order valence-electron chi connectivity index (χ0n) is 8.75. The topological polar surface area (TPSA) is 55.1 Å². The Morgan fingerprint density at radius 1 is 1.33 bits per heavy atom. The van der Waals surface area contributed by atoms with Gasteiger partial charge in [-0.3, -0.25) is 10.2 Å². The highest BCUT2D eigenvalue weighted by atomic mass is 16.2. The number of carbonyl (C=O) groups is 1. The van der Waals surface area contributed by atoms with Gasteiger partial charge in [-0.25, -0.2) is 5.84 Å². The highest BCUT2D eigenvalue weighted by Gasteiger charge is 2.10. The summed E-state index contributed by atoms with van der Waals surface area (Å²) in [4.78, 5) is 11.0. The number of carbonyl (C=O) groups excluding carboxylic acids is 1. The number of hydrogen-bond acceptors (Lipinski definition) is 2. The van der Waals surface area contributed by atoms with E-state index < -0.39 is 0 Å². The van der Waals surface area contributed by atoms with Gasteiger partial charge in [0.2, 0.25) is 5.91 Å². The maximum atomic E-state index is 11.0. The molecule has 3 heteroatoms. The van der Waals surface area contributed by atoms with Crippen LogP contribution in [0.3, 0.4) is 0 Å². The molecule has 0 radical (unpaired) electrons. The zero-order valence-corrected chi connectivity index (χ0v) is 8.75. The van der Waals surface area contributed by atoms with Crippen LogP contribution in [0.25, 0.3) is 0 Å². The Bertz CT molecular complexity index is 374. The number of nitrogens with one attached hydrogen (secondary N) is 1. The molecule has 15 heavy (non-hydrogen) atoms. The third kappa shape index (κ3) is 2.36. The van der Waals surface area contributed by atoms with Crippen LogP contribution >= 0.6 is 0 Å².